The van der Waals surface area contributed by atoms with Gasteiger partial charge in [-0.25, -0.2) is 9.78 Å². The minimum absolute atomic E-state index is 0.159. The van der Waals surface area contributed by atoms with Crippen molar-refractivity contribution in [1.82, 2.24) is 14.9 Å². The molecule has 3 aromatic rings. The molecule has 0 unspecified atom stereocenters. The van der Waals surface area contributed by atoms with E-state index in [0.717, 1.165) is 29.2 Å². The van der Waals surface area contributed by atoms with E-state index in [4.69, 9.17) is 5.11 Å². The summed E-state index contributed by atoms with van der Waals surface area (Å²) in [5.41, 5.74) is 0.413. The molecule has 3 N–H and O–H groups in total. The highest BCUT2D eigenvalue weighted by Gasteiger charge is 2.31. The molecular weight excluding hydrogens is 483 g/mol. The van der Waals surface area contributed by atoms with Crippen LogP contribution in [0.15, 0.2) is 42.7 Å². The van der Waals surface area contributed by atoms with E-state index >= 15 is 0 Å². The Kier molecular flexibility index (Phi) is 8.06. The van der Waals surface area contributed by atoms with Crippen LogP contribution in [0.2, 0.25) is 0 Å². The zero-order valence-electron chi connectivity index (χ0n) is 18.6. The van der Waals surface area contributed by atoms with Gasteiger partial charge in [-0.3, -0.25) is 15.1 Å². The Morgan fingerprint density at radius 1 is 1.14 bits per heavy atom. The number of aliphatic hydroxyl groups excluding tert-OH is 1. The van der Waals surface area contributed by atoms with Gasteiger partial charge in [0.15, 0.2) is 5.13 Å². The maximum atomic E-state index is 12.9. The average molecular weight is 504 g/mol. The molecular formula is C23H20F3N5O3S. The van der Waals surface area contributed by atoms with Gasteiger partial charge in [0.2, 0.25) is 0 Å². The highest BCUT2D eigenvalue weighted by atomic mass is 32.1. The summed E-state index contributed by atoms with van der Waals surface area (Å²) in [7, 11) is 1.54. The number of aliphatic hydroxyl groups is 1. The first-order chi connectivity index (χ1) is 16.6. The second-order valence-corrected chi connectivity index (χ2v) is 8.30. The van der Waals surface area contributed by atoms with Gasteiger partial charge in [-0.2, -0.15) is 13.2 Å². The molecule has 8 nitrogen and oxygen atoms in total. The van der Waals surface area contributed by atoms with Gasteiger partial charge < -0.3 is 15.3 Å². The summed E-state index contributed by atoms with van der Waals surface area (Å²) in [6, 6.07) is 5.99. The molecule has 182 valence electrons. The van der Waals surface area contributed by atoms with Gasteiger partial charge in [-0.1, -0.05) is 23.3 Å². The predicted octanol–water partition coefficient (Wildman–Crippen LogP) is 3.97. The molecule has 3 rings (SSSR count). The predicted molar refractivity (Wildman–Crippen MR) is 125 cm³/mol. The second kappa shape index (κ2) is 11.0. The molecule has 35 heavy (non-hydrogen) atoms. The second-order valence-electron chi connectivity index (χ2n) is 7.27. The summed E-state index contributed by atoms with van der Waals surface area (Å²) >= 11 is 1.16. The summed E-state index contributed by atoms with van der Waals surface area (Å²) in [6.45, 7) is 1.84. The number of nitrogens with one attached hydrogen (secondary N) is 2. The van der Waals surface area contributed by atoms with Crippen LogP contribution in [0.4, 0.5) is 28.8 Å². The van der Waals surface area contributed by atoms with Crippen LogP contribution in [0.3, 0.4) is 0 Å². The molecule has 1 aromatic carbocycles. The Hall–Kier alpha value is -3.95. The lowest BCUT2D eigenvalue weighted by Gasteiger charge is -2.14. The van der Waals surface area contributed by atoms with Gasteiger partial charge in [-0.05, 0) is 42.7 Å². The Morgan fingerprint density at radius 2 is 1.91 bits per heavy atom. The minimum Gasteiger partial charge on any atom is -0.395 e. The van der Waals surface area contributed by atoms with Crippen molar-refractivity contribution in [2.45, 2.75) is 13.1 Å². The number of urea groups is 1. The molecule has 2 aromatic heterocycles. The first kappa shape index (κ1) is 25.7. The van der Waals surface area contributed by atoms with E-state index in [1.807, 2.05) is 6.92 Å². The fourth-order valence-electron chi connectivity index (χ4n) is 2.72. The molecule has 0 saturated heterocycles. The number of hydrogen-bond donors (Lipinski definition) is 3. The number of hydrogen-bond acceptors (Lipinski definition) is 6. The van der Waals surface area contributed by atoms with Gasteiger partial charge in [0.05, 0.1) is 23.2 Å². The number of rotatable bonds is 5. The number of carbonyl (C=O) groups is 2. The molecule has 12 heteroatoms. The number of nitrogens with zero attached hydrogens (tertiary/aromatic N) is 3. The van der Waals surface area contributed by atoms with Crippen molar-refractivity contribution in [2.24, 2.45) is 0 Å². The molecule has 0 spiro atoms. The molecule has 3 amide bonds. The third kappa shape index (κ3) is 7.02. The summed E-state index contributed by atoms with van der Waals surface area (Å²) in [5.74, 6) is 5.12. The van der Waals surface area contributed by atoms with Crippen LogP contribution in [0.25, 0.3) is 0 Å². The van der Waals surface area contributed by atoms with Crippen molar-refractivity contribution in [1.29, 1.82) is 0 Å². The first-order valence-electron chi connectivity index (χ1n) is 10.1. The maximum Gasteiger partial charge on any atom is 0.416 e. The molecule has 0 aliphatic carbocycles. The zero-order chi connectivity index (χ0) is 25.6. The minimum atomic E-state index is -4.58. The molecule has 0 bridgehead atoms. The van der Waals surface area contributed by atoms with E-state index in [-0.39, 0.29) is 18.8 Å². The number of thiazole rings is 1. The van der Waals surface area contributed by atoms with Crippen LogP contribution in [0, 0.1) is 18.8 Å². The summed E-state index contributed by atoms with van der Waals surface area (Å²) in [4.78, 5) is 34.1. The SMILES string of the molecule is Cc1ccc(NC(=O)c2cc(C(F)(F)F)ccn2)cc1C#Cc1cnc(NC(=O)N(C)CCO)s1. The van der Waals surface area contributed by atoms with Crippen LogP contribution in [-0.2, 0) is 6.18 Å². The number of pyridine rings is 1. The van der Waals surface area contributed by atoms with Gasteiger partial charge >= 0.3 is 12.2 Å². The van der Waals surface area contributed by atoms with Gasteiger partial charge in [0.1, 0.15) is 5.69 Å². The third-order valence-electron chi connectivity index (χ3n) is 4.64. The van der Waals surface area contributed by atoms with E-state index in [1.165, 1.54) is 18.1 Å². The number of alkyl halides is 3. The molecule has 0 saturated carbocycles. The van der Waals surface area contributed by atoms with Crippen molar-refractivity contribution >= 4 is 34.1 Å². The first-order valence-corrected chi connectivity index (χ1v) is 10.9. The lowest BCUT2D eigenvalue weighted by atomic mass is 10.1. The van der Waals surface area contributed by atoms with Crippen LogP contribution in [0.5, 0.6) is 0 Å². The average Bonchev–Trinajstić information content (AvgIpc) is 3.26. The number of amides is 3. The highest BCUT2D eigenvalue weighted by molar-refractivity contribution is 7.16. The smallest absolute Gasteiger partial charge is 0.395 e. The zero-order valence-corrected chi connectivity index (χ0v) is 19.4. The summed E-state index contributed by atoms with van der Waals surface area (Å²) in [6.07, 6.45) is -2.15. The largest absolute Gasteiger partial charge is 0.416 e. The monoisotopic (exact) mass is 503 g/mol. The number of aryl methyl sites for hydroxylation is 1. The fourth-order valence-corrected chi connectivity index (χ4v) is 3.38. The topological polar surface area (TPSA) is 107 Å². The van der Waals surface area contributed by atoms with Crippen molar-refractivity contribution in [3.63, 3.8) is 0 Å². The number of likely N-dealkylation sites (N-methyl/N-ethyl adjacent to an activating group) is 1. The summed E-state index contributed by atoms with van der Waals surface area (Å²) < 4.78 is 38.7. The number of benzene rings is 1. The fraction of sp³-hybridized carbons (Fsp3) is 0.217. The normalized spacial score (nSPS) is 10.8. The van der Waals surface area contributed by atoms with Crippen LogP contribution >= 0.6 is 11.3 Å². The maximum absolute atomic E-state index is 12.9. The van der Waals surface area contributed by atoms with Crippen molar-refractivity contribution in [3.05, 3.63) is 70.0 Å². The number of halogens is 3. The van der Waals surface area contributed by atoms with Crippen molar-refractivity contribution in [2.75, 3.05) is 30.8 Å². The molecule has 2 heterocycles. The molecule has 0 radical (unpaired) electrons. The van der Waals surface area contributed by atoms with E-state index in [1.54, 1.807) is 18.2 Å². The van der Waals surface area contributed by atoms with E-state index in [2.05, 4.69) is 32.4 Å². The Labute approximate surface area is 202 Å². The highest BCUT2D eigenvalue weighted by Crippen LogP contribution is 2.29. The lowest BCUT2D eigenvalue weighted by Crippen LogP contribution is -2.33. The van der Waals surface area contributed by atoms with Crippen LogP contribution in [-0.4, -0.2) is 52.1 Å². The molecule has 0 atom stereocenters. The Balaban J connectivity index is 1.72. The third-order valence-corrected chi connectivity index (χ3v) is 5.47. The van der Waals surface area contributed by atoms with Crippen LogP contribution in [0.1, 0.15) is 32.1 Å². The van der Waals surface area contributed by atoms with Gasteiger partial charge in [-0.15, -0.1) is 0 Å². The summed E-state index contributed by atoms with van der Waals surface area (Å²) in [5, 5.41) is 14.4. The number of anilines is 2. The number of aromatic nitrogens is 2. The quantitative estimate of drug-likeness (QED) is 0.457. The molecule has 0 fully saturated rings. The van der Waals surface area contributed by atoms with E-state index < -0.39 is 23.7 Å². The molecule has 0 aliphatic heterocycles. The molecule has 0 aliphatic rings. The lowest BCUT2D eigenvalue weighted by molar-refractivity contribution is -0.137. The van der Waals surface area contributed by atoms with Gasteiger partial charge in [0.25, 0.3) is 5.91 Å². The standard InChI is InChI=1S/C23H20F3N5O3S/c1-14-3-5-17(29-20(33)19-12-16(7-8-27-19)23(24,25)26)11-15(14)4-6-18-13-28-21(35-18)30-22(34)31(2)9-10-32/h3,5,7-8,11-13,32H,9-10H2,1-2H3,(H,29,33)(H,28,30,34). The Morgan fingerprint density at radius 3 is 2.63 bits per heavy atom. The van der Waals surface area contributed by atoms with E-state index in [9.17, 15) is 22.8 Å². The number of carbonyl (C=O) groups excluding carboxylic acids is 2. The van der Waals surface area contributed by atoms with Crippen LogP contribution < -0.4 is 10.6 Å². The Bertz CT molecular complexity index is 1300. The van der Waals surface area contributed by atoms with E-state index in [0.29, 0.717) is 27.3 Å². The van der Waals surface area contributed by atoms with Crippen molar-refractivity contribution in [3.8, 4) is 11.8 Å². The van der Waals surface area contributed by atoms with Crippen molar-refractivity contribution < 1.29 is 27.9 Å². The van der Waals surface area contributed by atoms with Gasteiger partial charge in [0, 0.05) is 31.0 Å².